The molecule has 2 aromatic rings. The third-order valence-corrected chi connectivity index (χ3v) is 2.75. The van der Waals surface area contributed by atoms with Crippen molar-refractivity contribution in [3.05, 3.63) is 58.9 Å². The molecule has 86 valence electrons. The van der Waals surface area contributed by atoms with Gasteiger partial charge in [0, 0.05) is 24.4 Å². The zero-order chi connectivity index (χ0) is 12.3. The smallest absolute Gasteiger partial charge is 0.167 e. The molecule has 0 aliphatic rings. The molecule has 1 aromatic heterocycles. The predicted molar refractivity (Wildman–Crippen MR) is 68.1 cm³/mol. The molecule has 0 unspecified atom stereocenters. The number of anilines is 1. The SMILES string of the molecule is Nc1cc(C(=O)Cc2cccnc2)ccc1Cl. The van der Waals surface area contributed by atoms with Crippen LogP contribution in [-0.4, -0.2) is 10.8 Å². The van der Waals surface area contributed by atoms with Crippen molar-refractivity contribution in [3.63, 3.8) is 0 Å². The first-order valence-corrected chi connectivity index (χ1v) is 5.52. The Morgan fingerprint density at radius 1 is 1.35 bits per heavy atom. The van der Waals surface area contributed by atoms with Gasteiger partial charge in [0.25, 0.3) is 0 Å². The number of benzene rings is 1. The lowest BCUT2D eigenvalue weighted by Gasteiger charge is -2.03. The zero-order valence-corrected chi connectivity index (χ0v) is 9.82. The number of carbonyl (C=O) groups excluding carboxylic acids is 1. The van der Waals surface area contributed by atoms with E-state index in [4.69, 9.17) is 17.3 Å². The molecule has 2 N–H and O–H groups in total. The topological polar surface area (TPSA) is 56.0 Å². The van der Waals surface area contributed by atoms with Gasteiger partial charge in [-0.2, -0.15) is 0 Å². The summed E-state index contributed by atoms with van der Waals surface area (Å²) >= 11 is 5.80. The average molecular weight is 247 g/mol. The molecule has 0 amide bonds. The van der Waals surface area contributed by atoms with Crippen LogP contribution in [0.5, 0.6) is 0 Å². The third kappa shape index (κ3) is 2.82. The molecule has 0 atom stereocenters. The van der Waals surface area contributed by atoms with Crippen LogP contribution in [0.4, 0.5) is 5.69 Å². The van der Waals surface area contributed by atoms with Gasteiger partial charge in [-0.15, -0.1) is 0 Å². The van der Waals surface area contributed by atoms with Crippen molar-refractivity contribution in [2.75, 3.05) is 5.73 Å². The van der Waals surface area contributed by atoms with Crippen molar-refractivity contribution in [3.8, 4) is 0 Å². The molecule has 4 heteroatoms. The predicted octanol–water partition coefficient (Wildman–Crippen LogP) is 2.74. The molecule has 2 rings (SSSR count). The quantitative estimate of drug-likeness (QED) is 0.669. The fraction of sp³-hybridized carbons (Fsp3) is 0.0769. The van der Waals surface area contributed by atoms with Gasteiger partial charge in [-0.25, -0.2) is 0 Å². The number of rotatable bonds is 3. The first-order chi connectivity index (χ1) is 8.16. The summed E-state index contributed by atoms with van der Waals surface area (Å²) in [6.07, 6.45) is 3.67. The normalized spacial score (nSPS) is 10.2. The van der Waals surface area contributed by atoms with E-state index in [1.807, 2.05) is 6.07 Å². The van der Waals surface area contributed by atoms with E-state index in [0.717, 1.165) is 5.56 Å². The maximum Gasteiger partial charge on any atom is 0.167 e. The lowest BCUT2D eigenvalue weighted by Crippen LogP contribution is -2.04. The fourth-order valence-corrected chi connectivity index (χ4v) is 1.62. The van der Waals surface area contributed by atoms with Crippen LogP contribution in [-0.2, 0) is 6.42 Å². The van der Waals surface area contributed by atoms with Gasteiger partial charge in [-0.05, 0) is 29.8 Å². The monoisotopic (exact) mass is 246 g/mol. The van der Waals surface area contributed by atoms with E-state index in [9.17, 15) is 4.79 Å². The Hall–Kier alpha value is -1.87. The minimum Gasteiger partial charge on any atom is -0.398 e. The van der Waals surface area contributed by atoms with Crippen LogP contribution in [0, 0.1) is 0 Å². The molecular formula is C13H11ClN2O. The molecule has 1 heterocycles. The van der Waals surface area contributed by atoms with Crippen LogP contribution in [0.2, 0.25) is 5.02 Å². The van der Waals surface area contributed by atoms with E-state index in [0.29, 0.717) is 22.7 Å². The van der Waals surface area contributed by atoms with Crippen LogP contribution >= 0.6 is 11.6 Å². The van der Waals surface area contributed by atoms with Crippen molar-refractivity contribution in [2.45, 2.75) is 6.42 Å². The highest BCUT2D eigenvalue weighted by Crippen LogP contribution is 2.20. The van der Waals surface area contributed by atoms with Gasteiger partial charge in [0.15, 0.2) is 5.78 Å². The van der Waals surface area contributed by atoms with E-state index in [-0.39, 0.29) is 5.78 Å². The molecule has 0 aliphatic carbocycles. The second-order valence-electron chi connectivity index (χ2n) is 3.70. The van der Waals surface area contributed by atoms with Gasteiger partial charge in [0.1, 0.15) is 0 Å². The van der Waals surface area contributed by atoms with E-state index < -0.39 is 0 Å². The number of Topliss-reactive ketones (excluding diaryl/α,β-unsaturated/α-hetero) is 1. The van der Waals surface area contributed by atoms with E-state index in [1.54, 1.807) is 36.7 Å². The molecule has 0 fully saturated rings. The summed E-state index contributed by atoms with van der Waals surface area (Å²) in [5.74, 6) is 0.00127. The maximum atomic E-state index is 12.0. The molecule has 0 saturated carbocycles. The van der Waals surface area contributed by atoms with Crippen LogP contribution < -0.4 is 5.73 Å². The minimum atomic E-state index is 0.00127. The fourth-order valence-electron chi connectivity index (χ4n) is 1.51. The third-order valence-electron chi connectivity index (χ3n) is 2.41. The molecular weight excluding hydrogens is 236 g/mol. The van der Waals surface area contributed by atoms with Crippen LogP contribution in [0.15, 0.2) is 42.7 Å². The minimum absolute atomic E-state index is 0.00127. The lowest BCUT2D eigenvalue weighted by molar-refractivity contribution is 0.0993. The number of pyridine rings is 1. The molecule has 3 nitrogen and oxygen atoms in total. The summed E-state index contributed by atoms with van der Waals surface area (Å²) in [6, 6.07) is 8.58. The van der Waals surface area contributed by atoms with Crippen LogP contribution in [0.1, 0.15) is 15.9 Å². The molecule has 0 bridgehead atoms. The maximum absolute atomic E-state index is 12.0. The first kappa shape index (κ1) is 11.6. The number of hydrogen-bond donors (Lipinski definition) is 1. The van der Waals surface area contributed by atoms with Crippen molar-refractivity contribution in [2.24, 2.45) is 0 Å². The highest BCUT2D eigenvalue weighted by atomic mass is 35.5. The summed E-state index contributed by atoms with van der Waals surface area (Å²) in [7, 11) is 0. The van der Waals surface area contributed by atoms with Gasteiger partial charge in [-0.3, -0.25) is 9.78 Å². The van der Waals surface area contributed by atoms with E-state index in [1.165, 1.54) is 0 Å². The van der Waals surface area contributed by atoms with E-state index >= 15 is 0 Å². The molecule has 0 spiro atoms. The van der Waals surface area contributed by atoms with Gasteiger partial charge in [-0.1, -0.05) is 17.7 Å². The Kier molecular flexibility index (Phi) is 3.40. The Morgan fingerprint density at radius 3 is 2.82 bits per heavy atom. The standard InChI is InChI=1S/C13H11ClN2O/c14-11-4-3-10(7-12(11)15)13(17)6-9-2-1-5-16-8-9/h1-5,7-8H,6,15H2. The van der Waals surface area contributed by atoms with Crippen LogP contribution in [0.3, 0.4) is 0 Å². The van der Waals surface area contributed by atoms with Crippen molar-refractivity contribution >= 4 is 23.1 Å². The summed E-state index contributed by atoms with van der Waals surface area (Å²) < 4.78 is 0. The number of nitrogen functional groups attached to an aromatic ring is 1. The van der Waals surface area contributed by atoms with Gasteiger partial charge >= 0.3 is 0 Å². The van der Waals surface area contributed by atoms with Crippen molar-refractivity contribution < 1.29 is 4.79 Å². The summed E-state index contributed by atoms with van der Waals surface area (Å²) in [5, 5.41) is 0.461. The highest BCUT2D eigenvalue weighted by Gasteiger charge is 2.08. The number of ketones is 1. The second-order valence-corrected chi connectivity index (χ2v) is 4.10. The lowest BCUT2D eigenvalue weighted by atomic mass is 10.0. The Morgan fingerprint density at radius 2 is 2.18 bits per heavy atom. The number of nitrogens with two attached hydrogens (primary N) is 1. The molecule has 1 aromatic carbocycles. The number of carbonyl (C=O) groups is 1. The summed E-state index contributed by atoms with van der Waals surface area (Å²) in [4.78, 5) is 15.9. The molecule has 0 aliphatic heterocycles. The number of halogens is 1. The summed E-state index contributed by atoms with van der Waals surface area (Å²) in [5.41, 5.74) is 7.52. The summed E-state index contributed by atoms with van der Waals surface area (Å²) in [6.45, 7) is 0. The Labute approximate surface area is 104 Å². The highest BCUT2D eigenvalue weighted by molar-refractivity contribution is 6.33. The largest absolute Gasteiger partial charge is 0.398 e. The first-order valence-electron chi connectivity index (χ1n) is 5.14. The number of nitrogens with zero attached hydrogens (tertiary/aromatic N) is 1. The van der Waals surface area contributed by atoms with Crippen molar-refractivity contribution in [1.82, 2.24) is 4.98 Å². The number of aromatic nitrogens is 1. The van der Waals surface area contributed by atoms with Gasteiger partial charge in [0.05, 0.1) is 10.7 Å². The zero-order valence-electron chi connectivity index (χ0n) is 9.06. The molecule has 0 saturated heterocycles. The molecule has 17 heavy (non-hydrogen) atoms. The van der Waals surface area contributed by atoms with Crippen molar-refractivity contribution in [1.29, 1.82) is 0 Å². The van der Waals surface area contributed by atoms with Crippen LogP contribution in [0.25, 0.3) is 0 Å². The number of hydrogen-bond acceptors (Lipinski definition) is 3. The Balaban J connectivity index is 2.18. The molecule has 0 radical (unpaired) electrons. The average Bonchev–Trinajstić information content (AvgIpc) is 2.34. The van der Waals surface area contributed by atoms with Gasteiger partial charge < -0.3 is 5.73 Å². The van der Waals surface area contributed by atoms with E-state index in [2.05, 4.69) is 4.98 Å². The Bertz CT molecular complexity index is 540. The second kappa shape index (κ2) is 4.97. The van der Waals surface area contributed by atoms with Gasteiger partial charge in [0.2, 0.25) is 0 Å².